The highest BCUT2D eigenvalue weighted by molar-refractivity contribution is 7.17. The molecule has 3 aromatic rings. The van der Waals surface area contributed by atoms with Gasteiger partial charge in [-0.15, -0.1) is 11.3 Å². The third-order valence-corrected chi connectivity index (χ3v) is 5.22. The first-order valence-corrected chi connectivity index (χ1v) is 9.71. The van der Waals surface area contributed by atoms with E-state index in [1.165, 1.54) is 23.5 Å². The molecule has 0 spiro atoms. The van der Waals surface area contributed by atoms with Crippen LogP contribution in [0.4, 0.5) is 10.1 Å². The maximum atomic E-state index is 13.1. The van der Waals surface area contributed by atoms with Gasteiger partial charge in [0, 0.05) is 17.1 Å². The smallest absolute Gasteiger partial charge is 0.268 e. The van der Waals surface area contributed by atoms with Crippen molar-refractivity contribution in [3.63, 3.8) is 0 Å². The Hall–Kier alpha value is -3.17. The molecule has 2 aromatic carbocycles. The Morgan fingerprint density at radius 1 is 1.11 bits per heavy atom. The van der Waals surface area contributed by atoms with Crippen LogP contribution in [0.1, 0.15) is 23.0 Å². The van der Waals surface area contributed by atoms with Crippen molar-refractivity contribution in [1.29, 1.82) is 5.26 Å². The fourth-order valence-corrected chi connectivity index (χ4v) is 3.71. The lowest BCUT2D eigenvalue weighted by molar-refractivity contribution is 0.0991. The van der Waals surface area contributed by atoms with Crippen LogP contribution in [0.25, 0.3) is 10.4 Å². The maximum absolute atomic E-state index is 13.1. The molecule has 0 bridgehead atoms. The molecule has 4 nitrogen and oxygen atoms in total. The van der Waals surface area contributed by atoms with Crippen molar-refractivity contribution >= 4 is 22.9 Å². The fourth-order valence-electron chi connectivity index (χ4n) is 2.75. The van der Waals surface area contributed by atoms with Gasteiger partial charge in [0.05, 0.1) is 24.0 Å². The summed E-state index contributed by atoms with van der Waals surface area (Å²) in [5.74, 6) is 0.265. The van der Waals surface area contributed by atoms with E-state index in [1.807, 2.05) is 37.3 Å². The van der Waals surface area contributed by atoms with Crippen LogP contribution in [0.3, 0.4) is 0 Å². The quantitative estimate of drug-likeness (QED) is 0.531. The minimum atomic E-state index is -0.296. The van der Waals surface area contributed by atoms with Crippen LogP contribution in [0.2, 0.25) is 0 Å². The number of ether oxygens (including phenoxy) is 1. The van der Waals surface area contributed by atoms with Crippen LogP contribution >= 0.6 is 11.3 Å². The zero-order chi connectivity index (χ0) is 19.9. The second-order valence-electron chi connectivity index (χ2n) is 5.96. The Labute approximate surface area is 167 Å². The van der Waals surface area contributed by atoms with E-state index < -0.39 is 0 Å². The lowest BCUT2D eigenvalue weighted by Crippen LogP contribution is -2.31. The molecule has 1 heterocycles. The SMILES string of the molecule is CCOc1ccc(N(CCC#N)C(=O)c2ccc(-c3ccc(F)cc3)s2)cc1. The summed E-state index contributed by atoms with van der Waals surface area (Å²) in [5, 5.41) is 8.97. The van der Waals surface area contributed by atoms with Gasteiger partial charge in [-0.3, -0.25) is 4.79 Å². The average molecular weight is 394 g/mol. The van der Waals surface area contributed by atoms with Gasteiger partial charge in [-0.25, -0.2) is 4.39 Å². The van der Waals surface area contributed by atoms with Crippen LogP contribution in [0.15, 0.2) is 60.7 Å². The van der Waals surface area contributed by atoms with Crippen molar-refractivity contribution in [3.05, 3.63) is 71.4 Å². The maximum Gasteiger partial charge on any atom is 0.268 e. The molecule has 0 fully saturated rings. The molecule has 142 valence electrons. The predicted octanol–water partition coefficient (Wildman–Crippen LogP) is 5.51. The number of anilines is 1. The number of halogens is 1. The molecule has 28 heavy (non-hydrogen) atoms. The number of benzene rings is 2. The van der Waals surface area contributed by atoms with E-state index in [0.717, 1.165) is 16.2 Å². The van der Waals surface area contributed by atoms with E-state index in [-0.39, 0.29) is 18.1 Å². The molecule has 3 rings (SSSR count). The number of hydrogen-bond acceptors (Lipinski definition) is 4. The van der Waals surface area contributed by atoms with E-state index in [4.69, 9.17) is 10.00 Å². The summed E-state index contributed by atoms with van der Waals surface area (Å²) in [6, 6.07) is 19.1. The number of amides is 1. The van der Waals surface area contributed by atoms with Crippen molar-refractivity contribution in [3.8, 4) is 22.3 Å². The largest absolute Gasteiger partial charge is 0.494 e. The van der Waals surface area contributed by atoms with Crippen molar-refractivity contribution < 1.29 is 13.9 Å². The van der Waals surface area contributed by atoms with Gasteiger partial charge in [-0.05, 0) is 61.0 Å². The lowest BCUT2D eigenvalue weighted by atomic mass is 10.2. The standard InChI is InChI=1S/C22H19FN2O2S/c1-2-27-19-10-8-18(9-11-19)25(15-3-14-24)22(26)21-13-12-20(28-21)16-4-6-17(23)7-5-16/h4-13H,2-3,15H2,1H3. The van der Waals surface area contributed by atoms with Crippen LogP contribution in [-0.4, -0.2) is 19.1 Å². The van der Waals surface area contributed by atoms with Gasteiger partial charge < -0.3 is 9.64 Å². The van der Waals surface area contributed by atoms with Gasteiger partial charge in [0.1, 0.15) is 11.6 Å². The van der Waals surface area contributed by atoms with Crippen molar-refractivity contribution in [2.24, 2.45) is 0 Å². The lowest BCUT2D eigenvalue weighted by Gasteiger charge is -2.21. The van der Waals surface area contributed by atoms with Crippen molar-refractivity contribution in [2.75, 3.05) is 18.1 Å². The Balaban J connectivity index is 1.85. The molecule has 0 saturated heterocycles. The van der Waals surface area contributed by atoms with E-state index in [0.29, 0.717) is 23.7 Å². The topological polar surface area (TPSA) is 53.3 Å². The first-order valence-electron chi connectivity index (χ1n) is 8.90. The minimum absolute atomic E-state index is 0.169. The number of thiophene rings is 1. The minimum Gasteiger partial charge on any atom is -0.494 e. The molecule has 0 aliphatic rings. The Kier molecular flexibility index (Phi) is 6.41. The molecule has 6 heteroatoms. The number of nitrogens with zero attached hydrogens (tertiary/aromatic N) is 2. The number of hydrogen-bond donors (Lipinski definition) is 0. The van der Waals surface area contributed by atoms with E-state index in [2.05, 4.69) is 6.07 Å². The number of rotatable bonds is 7. The van der Waals surface area contributed by atoms with Crippen molar-refractivity contribution in [1.82, 2.24) is 0 Å². The number of nitriles is 1. The highest BCUT2D eigenvalue weighted by atomic mass is 32.1. The van der Waals surface area contributed by atoms with Gasteiger partial charge >= 0.3 is 0 Å². The van der Waals surface area contributed by atoms with Crippen LogP contribution in [0, 0.1) is 17.1 Å². The van der Waals surface area contributed by atoms with Crippen LogP contribution in [-0.2, 0) is 0 Å². The summed E-state index contributed by atoms with van der Waals surface area (Å²) >= 11 is 1.35. The summed E-state index contributed by atoms with van der Waals surface area (Å²) in [4.78, 5) is 16.1. The first-order chi connectivity index (χ1) is 13.6. The molecular formula is C22H19FN2O2S. The van der Waals surface area contributed by atoms with Gasteiger partial charge in [0.15, 0.2) is 0 Å². The van der Waals surface area contributed by atoms with Crippen molar-refractivity contribution in [2.45, 2.75) is 13.3 Å². The zero-order valence-corrected chi connectivity index (χ0v) is 16.2. The average Bonchev–Trinajstić information content (AvgIpc) is 3.20. The molecule has 0 saturated carbocycles. The molecular weight excluding hydrogens is 375 g/mol. The predicted molar refractivity (Wildman–Crippen MR) is 109 cm³/mol. The highest BCUT2D eigenvalue weighted by Crippen LogP contribution is 2.30. The monoisotopic (exact) mass is 394 g/mol. The zero-order valence-electron chi connectivity index (χ0n) is 15.4. The first kappa shape index (κ1) is 19.6. The third kappa shape index (κ3) is 4.56. The Morgan fingerprint density at radius 2 is 1.82 bits per heavy atom. The van der Waals surface area contributed by atoms with E-state index >= 15 is 0 Å². The van der Waals surface area contributed by atoms with Crippen LogP contribution < -0.4 is 9.64 Å². The van der Waals surface area contributed by atoms with E-state index in [1.54, 1.807) is 23.1 Å². The molecule has 0 unspecified atom stereocenters. The Morgan fingerprint density at radius 3 is 2.46 bits per heavy atom. The summed E-state index contributed by atoms with van der Waals surface area (Å²) in [6.07, 6.45) is 0.231. The third-order valence-electron chi connectivity index (χ3n) is 4.10. The van der Waals surface area contributed by atoms with E-state index in [9.17, 15) is 9.18 Å². The van der Waals surface area contributed by atoms with Gasteiger partial charge in [-0.1, -0.05) is 12.1 Å². The van der Waals surface area contributed by atoms with Gasteiger partial charge in [-0.2, -0.15) is 5.26 Å². The summed E-state index contributed by atoms with van der Waals surface area (Å²) in [7, 11) is 0. The number of carbonyl (C=O) groups is 1. The molecule has 0 atom stereocenters. The van der Waals surface area contributed by atoms with Gasteiger partial charge in [0.25, 0.3) is 5.91 Å². The number of carbonyl (C=O) groups excluding carboxylic acids is 1. The molecule has 1 aromatic heterocycles. The summed E-state index contributed by atoms with van der Waals surface area (Å²) < 4.78 is 18.6. The normalized spacial score (nSPS) is 10.3. The Bertz CT molecular complexity index is 975. The molecule has 0 N–H and O–H groups in total. The molecule has 0 radical (unpaired) electrons. The summed E-state index contributed by atoms with van der Waals surface area (Å²) in [6.45, 7) is 2.77. The fraction of sp³-hybridized carbons (Fsp3) is 0.182. The summed E-state index contributed by atoms with van der Waals surface area (Å²) in [5.41, 5.74) is 1.57. The molecule has 1 amide bonds. The van der Waals surface area contributed by atoms with Crippen LogP contribution in [0.5, 0.6) is 5.75 Å². The highest BCUT2D eigenvalue weighted by Gasteiger charge is 2.20. The van der Waals surface area contributed by atoms with Gasteiger partial charge in [0.2, 0.25) is 0 Å². The second kappa shape index (κ2) is 9.16. The molecule has 0 aliphatic carbocycles. The molecule has 0 aliphatic heterocycles. The second-order valence-corrected chi connectivity index (χ2v) is 7.05.